The summed E-state index contributed by atoms with van der Waals surface area (Å²) in [5.74, 6) is 1.16. The number of rotatable bonds is 4. The van der Waals surface area contributed by atoms with Gasteiger partial charge in [-0.15, -0.1) is 0 Å². The van der Waals surface area contributed by atoms with E-state index in [2.05, 4.69) is 6.07 Å². The maximum atomic E-state index is 11.4. The first-order valence-electron chi connectivity index (χ1n) is 9.39. The van der Waals surface area contributed by atoms with E-state index in [-0.39, 0.29) is 17.8 Å². The van der Waals surface area contributed by atoms with E-state index in [0.29, 0.717) is 35.7 Å². The second-order valence-electron chi connectivity index (χ2n) is 7.07. The molecule has 3 aromatic rings. The molecule has 29 heavy (non-hydrogen) atoms. The van der Waals surface area contributed by atoms with Crippen LogP contribution in [0.1, 0.15) is 30.2 Å². The van der Waals surface area contributed by atoms with Crippen molar-refractivity contribution in [1.29, 1.82) is 5.26 Å². The minimum absolute atomic E-state index is 0.0373. The van der Waals surface area contributed by atoms with E-state index in [0.717, 1.165) is 17.4 Å². The zero-order valence-corrected chi connectivity index (χ0v) is 16.0. The van der Waals surface area contributed by atoms with Crippen LogP contribution in [0.15, 0.2) is 46.9 Å². The summed E-state index contributed by atoms with van der Waals surface area (Å²) in [6.45, 7) is 2.76. The van der Waals surface area contributed by atoms with Crippen LogP contribution in [-0.4, -0.2) is 35.1 Å². The normalized spacial score (nSPS) is 16.4. The van der Waals surface area contributed by atoms with Crippen molar-refractivity contribution in [3.05, 3.63) is 59.4 Å². The molecule has 1 fully saturated rings. The third-order valence-corrected chi connectivity index (χ3v) is 4.97. The first-order valence-corrected chi connectivity index (χ1v) is 9.39. The van der Waals surface area contributed by atoms with Crippen molar-refractivity contribution in [2.24, 2.45) is 0 Å². The molecule has 6 nitrogen and oxygen atoms in total. The highest BCUT2D eigenvalue weighted by Crippen LogP contribution is 2.30. The number of phenols is 1. The standard InChI is InChI=1S/C23H20N2O4/c1-15(26)25-9-8-20(14-25)29-23-7-3-16(11-21(23)27)2-5-19-12-18-10-17(13-24)4-6-22(18)28-19/h2-7,10-12,20,27H,8-9,14H2,1H3/t20-/m0/s1. The van der Waals surface area contributed by atoms with E-state index in [4.69, 9.17) is 14.4 Å². The van der Waals surface area contributed by atoms with Crippen molar-refractivity contribution in [3.8, 4) is 17.6 Å². The summed E-state index contributed by atoms with van der Waals surface area (Å²) in [5.41, 5.74) is 2.10. The smallest absolute Gasteiger partial charge is 0.219 e. The number of likely N-dealkylation sites (tertiary alicyclic amines) is 1. The summed E-state index contributed by atoms with van der Waals surface area (Å²) in [5, 5.41) is 20.2. The SMILES string of the molecule is CC(=O)N1CC[C@H](Oc2ccc(C=Cc3cc4cc(C#N)ccc4o3)cc2O)C1. The van der Waals surface area contributed by atoms with E-state index in [1.807, 2.05) is 24.3 Å². The lowest BCUT2D eigenvalue weighted by Crippen LogP contribution is -2.28. The van der Waals surface area contributed by atoms with Crippen molar-refractivity contribution < 1.29 is 19.1 Å². The van der Waals surface area contributed by atoms with Crippen LogP contribution in [0.4, 0.5) is 0 Å². The van der Waals surface area contributed by atoms with Crippen LogP contribution in [0.2, 0.25) is 0 Å². The summed E-state index contributed by atoms with van der Waals surface area (Å²) in [7, 11) is 0. The lowest BCUT2D eigenvalue weighted by Gasteiger charge is -2.16. The Morgan fingerprint density at radius 3 is 2.86 bits per heavy atom. The number of hydrogen-bond acceptors (Lipinski definition) is 5. The van der Waals surface area contributed by atoms with Gasteiger partial charge >= 0.3 is 0 Å². The van der Waals surface area contributed by atoms with Crippen LogP contribution < -0.4 is 4.74 Å². The predicted octanol–water partition coefficient (Wildman–Crippen LogP) is 4.18. The number of carbonyl (C=O) groups excluding carboxylic acids is 1. The molecule has 0 bridgehead atoms. The molecule has 0 aliphatic carbocycles. The number of amides is 1. The molecule has 0 unspecified atom stereocenters. The van der Waals surface area contributed by atoms with Crippen LogP contribution in [0.5, 0.6) is 11.5 Å². The Bertz CT molecular complexity index is 1140. The minimum Gasteiger partial charge on any atom is -0.504 e. The lowest BCUT2D eigenvalue weighted by atomic mass is 10.1. The van der Waals surface area contributed by atoms with Crippen LogP contribution in [0.3, 0.4) is 0 Å². The van der Waals surface area contributed by atoms with Crippen molar-refractivity contribution in [2.75, 3.05) is 13.1 Å². The van der Waals surface area contributed by atoms with Crippen molar-refractivity contribution >= 4 is 29.0 Å². The second kappa shape index (κ2) is 7.72. The van der Waals surface area contributed by atoms with Crippen molar-refractivity contribution in [2.45, 2.75) is 19.4 Å². The van der Waals surface area contributed by atoms with Gasteiger partial charge < -0.3 is 19.2 Å². The van der Waals surface area contributed by atoms with Gasteiger partial charge in [-0.25, -0.2) is 0 Å². The van der Waals surface area contributed by atoms with Gasteiger partial charge in [-0.2, -0.15) is 5.26 Å². The maximum Gasteiger partial charge on any atom is 0.219 e. The topological polar surface area (TPSA) is 86.7 Å². The molecule has 1 aliphatic rings. The van der Waals surface area contributed by atoms with Gasteiger partial charge in [-0.3, -0.25) is 4.79 Å². The van der Waals surface area contributed by atoms with Gasteiger partial charge in [0.15, 0.2) is 11.5 Å². The molecular weight excluding hydrogens is 368 g/mol. The second-order valence-corrected chi connectivity index (χ2v) is 7.07. The highest BCUT2D eigenvalue weighted by atomic mass is 16.5. The van der Waals surface area contributed by atoms with E-state index < -0.39 is 0 Å². The minimum atomic E-state index is -0.111. The number of ether oxygens (including phenoxy) is 1. The fraction of sp³-hybridized carbons (Fsp3) is 0.217. The lowest BCUT2D eigenvalue weighted by molar-refractivity contribution is -0.128. The molecule has 1 aliphatic heterocycles. The first-order chi connectivity index (χ1) is 14.0. The Morgan fingerprint density at radius 1 is 1.28 bits per heavy atom. The molecule has 0 spiro atoms. The number of phenolic OH excluding ortho intramolecular Hbond substituents is 1. The van der Waals surface area contributed by atoms with E-state index in [9.17, 15) is 9.90 Å². The Kier molecular flexibility index (Phi) is 4.96. The van der Waals surface area contributed by atoms with Gasteiger partial charge in [0.1, 0.15) is 17.4 Å². The average Bonchev–Trinajstić information content (AvgIpc) is 3.34. The number of fused-ring (bicyclic) bond motifs is 1. The Balaban J connectivity index is 1.45. The Hall–Kier alpha value is -3.72. The first kappa shape index (κ1) is 18.6. The van der Waals surface area contributed by atoms with Crippen molar-refractivity contribution in [1.82, 2.24) is 4.90 Å². The summed E-state index contributed by atoms with van der Waals surface area (Å²) < 4.78 is 11.6. The largest absolute Gasteiger partial charge is 0.504 e. The maximum absolute atomic E-state index is 11.4. The molecule has 4 rings (SSSR count). The van der Waals surface area contributed by atoms with E-state index in [1.165, 1.54) is 0 Å². The molecule has 0 radical (unpaired) electrons. The van der Waals surface area contributed by atoms with E-state index in [1.54, 1.807) is 42.2 Å². The molecule has 2 heterocycles. The molecular formula is C23H20N2O4. The summed E-state index contributed by atoms with van der Waals surface area (Å²) in [6.07, 6.45) is 4.28. The number of aromatic hydroxyl groups is 1. The monoisotopic (exact) mass is 388 g/mol. The zero-order valence-electron chi connectivity index (χ0n) is 16.0. The number of furan rings is 1. The molecule has 1 N–H and O–H groups in total. The fourth-order valence-electron chi connectivity index (χ4n) is 3.42. The van der Waals surface area contributed by atoms with Crippen molar-refractivity contribution in [3.63, 3.8) is 0 Å². The molecule has 1 aromatic heterocycles. The van der Waals surface area contributed by atoms with Crippen LogP contribution in [0.25, 0.3) is 23.1 Å². The van der Waals surface area contributed by atoms with Gasteiger partial charge in [-0.05, 0) is 48.0 Å². The van der Waals surface area contributed by atoms with Gasteiger partial charge in [0.05, 0.1) is 18.2 Å². The molecule has 1 saturated heterocycles. The van der Waals surface area contributed by atoms with Crippen LogP contribution in [0, 0.1) is 11.3 Å². The third-order valence-electron chi connectivity index (χ3n) is 4.97. The van der Waals surface area contributed by atoms with Crippen LogP contribution >= 0.6 is 0 Å². The van der Waals surface area contributed by atoms with Gasteiger partial charge in [0.25, 0.3) is 0 Å². The molecule has 1 atom stereocenters. The molecule has 1 amide bonds. The summed E-state index contributed by atoms with van der Waals surface area (Å²) >= 11 is 0. The number of carbonyl (C=O) groups is 1. The Labute approximate surface area is 168 Å². The predicted molar refractivity (Wildman–Crippen MR) is 109 cm³/mol. The summed E-state index contributed by atoms with van der Waals surface area (Å²) in [4.78, 5) is 13.2. The highest BCUT2D eigenvalue weighted by molar-refractivity contribution is 5.83. The van der Waals surface area contributed by atoms with Gasteiger partial charge in [0, 0.05) is 25.3 Å². The molecule has 0 saturated carbocycles. The fourth-order valence-corrected chi connectivity index (χ4v) is 3.42. The van der Waals surface area contributed by atoms with E-state index >= 15 is 0 Å². The van der Waals surface area contributed by atoms with Gasteiger partial charge in [-0.1, -0.05) is 12.1 Å². The van der Waals surface area contributed by atoms with Gasteiger partial charge in [0.2, 0.25) is 5.91 Å². The number of hydrogen-bond donors (Lipinski definition) is 1. The number of nitrogens with zero attached hydrogens (tertiary/aromatic N) is 2. The molecule has 2 aromatic carbocycles. The Morgan fingerprint density at radius 2 is 2.14 bits per heavy atom. The highest BCUT2D eigenvalue weighted by Gasteiger charge is 2.26. The quantitative estimate of drug-likeness (QED) is 0.724. The third kappa shape index (κ3) is 4.09. The zero-order chi connectivity index (χ0) is 20.4. The molecule has 146 valence electrons. The number of benzene rings is 2. The van der Waals surface area contributed by atoms with Crippen LogP contribution in [-0.2, 0) is 4.79 Å². The average molecular weight is 388 g/mol. The molecule has 6 heteroatoms. The number of nitriles is 1. The summed E-state index contributed by atoms with van der Waals surface area (Å²) in [6, 6.07) is 14.5.